The van der Waals surface area contributed by atoms with Crippen LogP contribution in [0.25, 0.3) is 0 Å². The number of carbonyl (C=O) groups is 2. The smallest absolute Gasteiger partial charge is 0.329 e. The molecule has 0 aromatic carbocycles. The number of carboxylic acids is 1. The van der Waals surface area contributed by atoms with Crippen molar-refractivity contribution in [3.8, 4) is 0 Å². The lowest BCUT2D eigenvalue weighted by Gasteiger charge is -2.25. The van der Waals surface area contributed by atoms with Gasteiger partial charge in [-0.25, -0.2) is 4.79 Å². The summed E-state index contributed by atoms with van der Waals surface area (Å²) in [6.07, 6.45) is 2.00. The van der Waals surface area contributed by atoms with Gasteiger partial charge >= 0.3 is 5.97 Å². The summed E-state index contributed by atoms with van der Waals surface area (Å²) >= 11 is 1.41. The number of aryl methyl sites for hydroxylation is 1. The normalized spacial score (nSPS) is 13.9. The van der Waals surface area contributed by atoms with Crippen LogP contribution < -0.4 is 5.32 Å². The van der Waals surface area contributed by atoms with Crippen LogP contribution in [-0.4, -0.2) is 22.5 Å². The molecule has 0 radical (unpaired) electrons. The van der Waals surface area contributed by atoms with E-state index in [1.165, 1.54) is 11.3 Å². The van der Waals surface area contributed by atoms with Crippen LogP contribution in [0.3, 0.4) is 0 Å². The Morgan fingerprint density at radius 1 is 1.39 bits per heavy atom. The Morgan fingerprint density at radius 2 is 2.06 bits per heavy atom. The first kappa shape index (κ1) is 14.7. The molecule has 1 aromatic heterocycles. The highest BCUT2D eigenvalue weighted by Crippen LogP contribution is 2.19. The summed E-state index contributed by atoms with van der Waals surface area (Å²) < 4.78 is 0. The number of thiophene rings is 1. The largest absolute Gasteiger partial charge is 0.480 e. The fraction of sp³-hybridized carbons (Fsp3) is 0.538. The van der Waals surface area contributed by atoms with Gasteiger partial charge in [-0.1, -0.05) is 20.3 Å². The van der Waals surface area contributed by atoms with E-state index in [9.17, 15) is 14.7 Å². The van der Waals surface area contributed by atoms with Gasteiger partial charge in [0, 0.05) is 4.88 Å². The van der Waals surface area contributed by atoms with Gasteiger partial charge in [-0.05, 0) is 31.9 Å². The molecule has 2 N–H and O–H groups in total. The molecule has 1 amide bonds. The molecule has 18 heavy (non-hydrogen) atoms. The summed E-state index contributed by atoms with van der Waals surface area (Å²) in [5.74, 6) is -1.30. The fourth-order valence-corrected chi connectivity index (χ4v) is 2.57. The number of rotatable bonds is 6. The van der Waals surface area contributed by atoms with Gasteiger partial charge in [0.25, 0.3) is 5.91 Å². The molecule has 0 saturated carbocycles. The van der Waals surface area contributed by atoms with Crippen LogP contribution in [0, 0.1) is 0 Å². The quantitative estimate of drug-likeness (QED) is 0.834. The molecule has 1 heterocycles. The lowest BCUT2D eigenvalue weighted by atomic mass is 9.96. The van der Waals surface area contributed by atoms with Gasteiger partial charge in [-0.2, -0.15) is 0 Å². The van der Waals surface area contributed by atoms with Crippen molar-refractivity contribution in [1.82, 2.24) is 5.32 Å². The maximum absolute atomic E-state index is 12.0. The Bertz CT molecular complexity index is 441. The molecule has 1 unspecified atom stereocenters. The Kier molecular flexibility index (Phi) is 4.90. The Hall–Kier alpha value is -1.36. The van der Waals surface area contributed by atoms with Crippen molar-refractivity contribution >= 4 is 23.2 Å². The molecule has 0 aliphatic rings. The van der Waals surface area contributed by atoms with Crippen LogP contribution in [0.1, 0.15) is 48.2 Å². The van der Waals surface area contributed by atoms with Gasteiger partial charge in [0.2, 0.25) is 0 Å². The van der Waals surface area contributed by atoms with Gasteiger partial charge in [0.1, 0.15) is 5.54 Å². The predicted molar refractivity (Wildman–Crippen MR) is 72.1 cm³/mol. The van der Waals surface area contributed by atoms with Crippen molar-refractivity contribution in [3.63, 3.8) is 0 Å². The van der Waals surface area contributed by atoms with Gasteiger partial charge in [0.15, 0.2) is 0 Å². The number of aliphatic carboxylic acids is 1. The number of hydrogen-bond acceptors (Lipinski definition) is 3. The zero-order valence-corrected chi connectivity index (χ0v) is 11.8. The molecule has 1 atom stereocenters. The van der Waals surface area contributed by atoms with Gasteiger partial charge in [-0.3, -0.25) is 4.79 Å². The zero-order chi connectivity index (χ0) is 13.8. The van der Waals surface area contributed by atoms with Gasteiger partial charge < -0.3 is 10.4 Å². The summed E-state index contributed by atoms with van der Waals surface area (Å²) in [4.78, 5) is 24.9. The van der Waals surface area contributed by atoms with Gasteiger partial charge in [-0.15, -0.1) is 11.3 Å². The number of nitrogens with one attached hydrogen (secondary N) is 1. The third-order valence-electron chi connectivity index (χ3n) is 2.85. The maximum Gasteiger partial charge on any atom is 0.329 e. The molecule has 1 aromatic rings. The predicted octanol–water partition coefficient (Wildman–Crippen LogP) is 2.68. The standard InChI is InChI=1S/C13H19NO3S/c1-4-8-13(3,12(16)17)14-11(15)10-7-6-9(5-2)18-10/h6-7H,4-5,8H2,1-3H3,(H,14,15)(H,16,17). The molecular formula is C13H19NO3S. The summed E-state index contributed by atoms with van der Waals surface area (Å²) in [7, 11) is 0. The van der Waals surface area contributed by atoms with E-state index in [-0.39, 0.29) is 5.91 Å². The highest BCUT2D eigenvalue weighted by Gasteiger charge is 2.34. The molecule has 0 bridgehead atoms. The van der Waals surface area contributed by atoms with Crippen molar-refractivity contribution in [2.24, 2.45) is 0 Å². The summed E-state index contributed by atoms with van der Waals surface area (Å²) in [6, 6.07) is 3.64. The van der Waals surface area contributed by atoms with E-state index in [4.69, 9.17) is 0 Å². The molecule has 0 spiro atoms. The van der Waals surface area contributed by atoms with Crippen LogP contribution in [0.2, 0.25) is 0 Å². The van der Waals surface area contributed by atoms with E-state index in [1.54, 1.807) is 13.0 Å². The minimum atomic E-state index is -1.19. The van der Waals surface area contributed by atoms with Crippen molar-refractivity contribution in [2.45, 2.75) is 45.6 Å². The van der Waals surface area contributed by atoms with Crippen molar-refractivity contribution in [1.29, 1.82) is 0 Å². The van der Waals surface area contributed by atoms with Crippen molar-refractivity contribution < 1.29 is 14.7 Å². The average molecular weight is 269 g/mol. The van der Waals surface area contributed by atoms with Crippen LogP contribution >= 0.6 is 11.3 Å². The SMILES string of the molecule is CCCC(C)(NC(=O)c1ccc(CC)s1)C(=O)O. The first-order valence-corrected chi connectivity index (χ1v) is 6.89. The minimum Gasteiger partial charge on any atom is -0.480 e. The van der Waals surface area contributed by atoms with Crippen LogP contribution in [0.4, 0.5) is 0 Å². The molecule has 5 heteroatoms. The average Bonchev–Trinajstić information content (AvgIpc) is 2.77. The number of hydrogen-bond donors (Lipinski definition) is 2. The number of carbonyl (C=O) groups excluding carboxylic acids is 1. The summed E-state index contributed by atoms with van der Waals surface area (Å²) in [5, 5.41) is 11.8. The first-order valence-electron chi connectivity index (χ1n) is 6.07. The van der Waals surface area contributed by atoms with E-state index < -0.39 is 11.5 Å². The summed E-state index contributed by atoms with van der Waals surface area (Å²) in [5.41, 5.74) is -1.19. The fourth-order valence-electron chi connectivity index (χ4n) is 1.73. The lowest BCUT2D eigenvalue weighted by Crippen LogP contribution is -2.51. The summed E-state index contributed by atoms with van der Waals surface area (Å²) in [6.45, 7) is 5.46. The van der Waals surface area contributed by atoms with E-state index >= 15 is 0 Å². The highest BCUT2D eigenvalue weighted by atomic mass is 32.1. The Morgan fingerprint density at radius 3 is 2.50 bits per heavy atom. The van der Waals surface area contributed by atoms with E-state index in [2.05, 4.69) is 5.32 Å². The van der Waals surface area contributed by atoms with Crippen molar-refractivity contribution in [3.05, 3.63) is 21.9 Å². The second-order valence-corrected chi connectivity index (χ2v) is 5.63. The zero-order valence-electron chi connectivity index (χ0n) is 10.9. The molecule has 0 fully saturated rings. The Balaban J connectivity index is 2.81. The third-order valence-corrected chi connectivity index (χ3v) is 4.07. The third kappa shape index (κ3) is 3.32. The topological polar surface area (TPSA) is 66.4 Å². The molecule has 0 aliphatic carbocycles. The monoisotopic (exact) mass is 269 g/mol. The molecule has 0 saturated heterocycles. The van der Waals surface area contributed by atoms with Crippen LogP contribution in [-0.2, 0) is 11.2 Å². The van der Waals surface area contributed by atoms with Gasteiger partial charge in [0.05, 0.1) is 4.88 Å². The van der Waals surface area contributed by atoms with Crippen LogP contribution in [0.5, 0.6) is 0 Å². The molecule has 1 rings (SSSR count). The molecule has 4 nitrogen and oxygen atoms in total. The van der Waals surface area contributed by atoms with E-state index in [0.29, 0.717) is 17.7 Å². The number of carboxylic acid groups (broad SMARTS) is 1. The second-order valence-electron chi connectivity index (χ2n) is 4.46. The first-order chi connectivity index (χ1) is 8.42. The molecule has 100 valence electrons. The lowest BCUT2D eigenvalue weighted by molar-refractivity contribution is -0.144. The van der Waals surface area contributed by atoms with Crippen molar-refractivity contribution in [2.75, 3.05) is 0 Å². The Labute approximate surface area is 111 Å². The number of amides is 1. The van der Waals surface area contributed by atoms with E-state index in [0.717, 1.165) is 11.3 Å². The molecular weight excluding hydrogens is 250 g/mol. The maximum atomic E-state index is 12.0. The van der Waals surface area contributed by atoms with E-state index in [1.807, 2.05) is 19.9 Å². The second kappa shape index (κ2) is 6.00. The minimum absolute atomic E-state index is 0.307. The molecule has 0 aliphatic heterocycles. The highest BCUT2D eigenvalue weighted by molar-refractivity contribution is 7.14. The van der Waals surface area contributed by atoms with Crippen LogP contribution in [0.15, 0.2) is 12.1 Å².